The number of anilines is 2. The molecule has 1 heterocycles. The third-order valence-corrected chi connectivity index (χ3v) is 6.07. The molecule has 14 heteroatoms. The predicted octanol–water partition coefficient (Wildman–Crippen LogP) is 1.95. The van der Waals surface area contributed by atoms with E-state index in [-0.39, 0.29) is 23.0 Å². The van der Waals surface area contributed by atoms with Crippen molar-refractivity contribution < 1.29 is 32.7 Å². The molecule has 0 unspecified atom stereocenters. The second-order valence-corrected chi connectivity index (χ2v) is 8.51. The van der Waals surface area contributed by atoms with Crippen LogP contribution in [-0.4, -0.2) is 49.3 Å². The molecule has 184 valence electrons. The van der Waals surface area contributed by atoms with Crippen molar-refractivity contribution in [2.24, 2.45) is 16.8 Å². The van der Waals surface area contributed by atoms with Crippen LogP contribution < -0.4 is 27.4 Å². The molecule has 1 amide bonds. The molecule has 3 rings (SSSR count). The van der Waals surface area contributed by atoms with Gasteiger partial charge in [0.1, 0.15) is 5.69 Å². The summed E-state index contributed by atoms with van der Waals surface area (Å²) in [6, 6.07) is 6.49. The molecule has 7 N–H and O–H groups in total. The Balaban J connectivity index is 1.90. The molecule has 1 saturated heterocycles. The molecule has 1 aliphatic rings. The van der Waals surface area contributed by atoms with E-state index in [0.717, 1.165) is 28.9 Å². The number of benzene rings is 2. The second kappa shape index (κ2) is 10.5. The van der Waals surface area contributed by atoms with Crippen molar-refractivity contribution in [1.29, 1.82) is 0 Å². The molecule has 0 saturated carbocycles. The number of amides is 1. The van der Waals surface area contributed by atoms with Gasteiger partial charge in [-0.3, -0.25) is 9.80 Å². The monoisotopic (exact) mass is 502 g/mol. The van der Waals surface area contributed by atoms with Crippen LogP contribution >= 0.6 is 11.8 Å². The number of carbonyl (C=O) groups excluding carboxylic acids is 1. The number of hydrazone groups is 1. The highest BCUT2D eigenvalue weighted by molar-refractivity contribution is 8.13. The van der Waals surface area contributed by atoms with E-state index < -0.39 is 42.1 Å². The molecular formula is C20H24F4N7O2S+. The highest BCUT2D eigenvalue weighted by Crippen LogP contribution is 2.34. The summed E-state index contributed by atoms with van der Waals surface area (Å²) in [4.78, 5) is 19.5. The Labute approximate surface area is 197 Å². The number of alkyl halides is 2. The average Bonchev–Trinajstić information content (AvgIpc) is 3.14. The normalized spacial score (nSPS) is 15.5. The number of carbonyl (C=O) groups is 1. The number of hydrogen-bond acceptors (Lipinski definition) is 7. The fourth-order valence-corrected chi connectivity index (χ4v) is 4.10. The maximum Gasteiger partial charge on any atom is 0.266 e. The van der Waals surface area contributed by atoms with Crippen molar-refractivity contribution in [3.8, 4) is 0 Å². The van der Waals surface area contributed by atoms with Crippen molar-refractivity contribution in [1.82, 2.24) is 5.01 Å². The van der Waals surface area contributed by atoms with Crippen LogP contribution in [0, 0.1) is 11.6 Å². The van der Waals surface area contributed by atoms with E-state index in [1.807, 2.05) is 0 Å². The molecule has 9 nitrogen and oxygen atoms in total. The van der Waals surface area contributed by atoms with Gasteiger partial charge in [0.05, 0.1) is 19.2 Å². The molecule has 0 spiro atoms. The minimum absolute atomic E-state index is 0.0344. The molecule has 2 aromatic rings. The van der Waals surface area contributed by atoms with Crippen LogP contribution in [0.5, 0.6) is 0 Å². The van der Waals surface area contributed by atoms with Crippen LogP contribution in [-0.2, 0) is 4.84 Å². The average molecular weight is 503 g/mol. The van der Waals surface area contributed by atoms with Gasteiger partial charge in [-0.05, 0) is 30.0 Å². The number of thioether (sulfide) groups is 1. The number of nitrogens with zero attached hydrogens (tertiary/aromatic N) is 3. The fourth-order valence-electron chi connectivity index (χ4n) is 3.31. The second-order valence-electron chi connectivity index (χ2n) is 7.50. The van der Waals surface area contributed by atoms with Crippen molar-refractivity contribution in [3.05, 3.63) is 47.5 Å². The van der Waals surface area contributed by atoms with Crippen LogP contribution in [0.1, 0.15) is 16.8 Å². The Hall–Kier alpha value is -3.07. The van der Waals surface area contributed by atoms with E-state index in [1.165, 1.54) is 30.6 Å². The molecule has 2 aromatic carbocycles. The zero-order valence-electron chi connectivity index (χ0n) is 18.3. The summed E-state index contributed by atoms with van der Waals surface area (Å²) < 4.78 is 56.5. The summed E-state index contributed by atoms with van der Waals surface area (Å²) in [7, 11) is 2.92. The minimum Gasteiger partial charge on any atom is -0.365 e. The van der Waals surface area contributed by atoms with Crippen LogP contribution in [0.4, 0.5) is 34.6 Å². The molecule has 0 atom stereocenters. The van der Waals surface area contributed by atoms with Gasteiger partial charge >= 0.3 is 0 Å². The largest absolute Gasteiger partial charge is 0.365 e. The lowest BCUT2D eigenvalue weighted by Crippen LogP contribution is -2.75. The number of halogens is 4. The van der Waals surface area contributed by atoms with Gasteiger partial charge in [0, 0.05) is 42.7 Å². The van der Waals surface area contributed by atoms with E-state index >= 15 is 0 Å². The molecule has 0 bridgehead atoms. The Morgan fingerprint density at radius 3 is 2.50 bits per heavy atom. The van der Waals surface area contributed by atoms with E-state index in [1.54, 1.807) is 12.1 Å². The number of hydrazine groups is 1. The molecule has 1 fully saturated rings. The summed E-state index contributed by atoms with van der Waals surface area (Å²) in [6.45, 7) is -0.677. The fraction of sp³-hybridized carbons (Fsp3) is 0.300. The number of quaternary nitrogens is 1. The first kappa shape index (κ1) is 25.6. The summed E-state index contributed by atoms with van der Waals surface area (Å²) in [5, 5.41) is 7.08. The van der Waals surface area contributed by atoms with Gasteiger partial charge in [0.15, 0.2) is 17.3 Å². The highest BCUT2D eigenvalue weighted by atomic mass is 32.2. The third-order valence-electron chi connectivity index (χ3n) is 4.92. The zero-order valence-corrected chi connectivity index (χ0v) is 19.1. The lowest BCUT2D eigenvalue weighted by atomic mass is 10.1. The first-order chi connectivity index (χ1) is 16.0. The molecule has 0 radical (unpaired) electrons. The van der Waals surface area contributed by atoms with Crippen molar-refractivity contribution >= 4 is 39.9 Å². The molecule has 34 heavy (non-hydrogen) atoms. The molecule has 0 aromatic heterocycles. The molecular weight excluding hydrogens is 478 g/mol. The number of amidine groups is 1. The Morgan fingerprint density at radius 2 is 1.97 bits per heavy atom. The maximum atomic E-state index is 14.7. The number of rotatable bonds is 6. The van der Waals surface area contributed by atoms with Crippen LogP contribution in [0.2, 0.25) is 0 Å². The standard InChI is InChI=1S/C20H23F4N7O2S/c1-30(26)19(28-25)34-16-4-3-11(29-33-2)7-13(16)18(32)27-17-14(21)8-12(9-15(17)22)31-6-5-20(23,24)10-31/h3-4,7-9,29H,5-6,10,25-26H2,1-2H3,(H,27,32)/p+1/b28-19+. The third kappa shape index (κ3) is 5.88. The summed E-state index contributed by atoms with van der Waals surface area (Å²) in [5.41, 5.74) is 1.18. The zero-order chi connectivity index (χ0) is 25.0. The van der Waals surface area contributed by atoms with Crippen molar-refractivity contribution in [3.63, 3.8) is 0 Å². The Kier molecular flexibility index (Phi) is 7.86. The van der Waals surface area contributed by atoms with Crippen molar-refractivity contribution in [2.45, 2.75) is 17.2 Å². The van der Waals surface area contributed by atoms with Gasteiger partial charge < -0.3 is 16.1 Å². The van der Waals surface area contributed by atoms with E-state index in [2.05, 4.69) is 10.4 Å². The number of hydrogen-bond donors (Lipinski definition) is 4. The van der Waals surface area contributed by atoms with E-state index in [9.17, 15) is 22.4 Å². The van der Waals surface area contributed by atoms with Crippen LogP contribution in [0.25, 0.3) is 0 Å². The van der Waals surface area contributed by atoms with E-state index in [0.29, 0.717) is 10.6 Å². The van der Waals surface area contributed by atoms with Crippen molar-refractivity contribution in [2.75, 3.05) is 37.5 Å². The quantitative estimate of drug-likeness (QED) is 0.0905. The van der Waals surface area contributed by atoms with Gasteiger partial charge in [-0.2, -0.15) is 10.6 Å². The van der Waals surface area contributed by atoms with Gasteiger partial charge in [-0.15, -0.1) is 0 Å². The van der Waals surface area contributed by atoms with Gasteiger partial charge in [-0.25, -0.2) is 28.2 Å². The minimum atomic E-state index is -2.93. The summed E-state index contributed by atoms with van der Waals surface area (Å²) in [5.74, 6) is 5.05. The van der Waals surface area contributed by atoms with Crippen LogP contribution in [0.15, 0.2) is 40.3 Å². The Bertz CT molecular complexity index is 1080. The SMILES string of the molecule is CO[NH2+]c1ccc(S/C(=N/N)N(C)N)c(C(=O)Nc2c(F)cc(N3CCC(F)(F)C3)cc2F)c1. The summed E-state index contributed by atoms with van der Waals surface area (Å²) in [6.07, 6.45) is -0.407. The van der Waals surface area contributed by atoms with Gasteiger partial charge in [-0.1, -0.05) is 0 Å². The van der Waals surface area contributed by atoms with Crippen LogP contribution in [0.3, 0.4) is 0 Å². The molecule has 1 aliphatic heterocycles. The molecule has 0 aliphatic carbocycles. The maximum absolute atomic E-state index is 14.7. The number of nitrogens with one attached hydrogen (secondary N) is 1. The lowest BCUT2D eigenvalue weighted by molar-refractivity contribution is -0.830. The highest BCUT2D eigenvalue weighted by Gasteiger charge is 2.38. The first-order valence-corrected chi connectivity index (χ1v) is 10.7. The van der Waals surface area contributed by atoms with Gasteiger partial charge in [0.25, 0.3) is 11.8 Å². The summed E-state index contributed by atoms with van der Waals surface area (Å²) >= 11 is 0.962. The first-order valence-electron chi connectivity index (χ1n) is 9.92. The predicted molar refractivity (Wildman–Crippen MR) is 121 cm³/mol. The Morgan fingerprint density at radius 1 is 1.29 bits per heavy atom. The van der Waals surface area contributed by atoms with Gasteiger partial charge in [0.2, 0.25) is 5.17 Å². The number of nitrogens with two attached hydrogens (primary N) is 3. The van der Waals surface area contributed by atoms with E-state index in [4.69, 9.17) is 16.5 Å². The topological polar surface area (TPSA) is 126 Å². The lowest BCUT2D eigenvalue weighted by Gasteiger charge is -2.20. The smallest absolute Gasteiger partial charge is 0.266 e.